The first-order valence-electron chi connectivity index (χ1n) is 6.24. The minimum absolute atomic E-state index is 0. The van der Waals surface area contributed by atoms with Crippen molar-refractivity contribution in [1.82, 2.24) is 20.4 Å². The van der Waals surface area contributed by atoms with Gasteiger partial charge >= 0.3 is 0 Å². The topological polar surface area (TPSA) is 63.8 Å². The lowest BCUT2D eigenvalue weighted by molar-refractivity contribution is 0.337. The van der Waals surface area contributed by atoms with Crippen molar-refractivity contribution in [1.29, 1.82) is 0 Å². The Morgan fingerprint density at radius 3 is 2.95 bits per heavy atom. The summed E-state index contributed by atoms with van der Waals surface area (Å²) in [6.45, 7) is 5.10. The van der Waals surface area contributed by atoms with E-state index in [-0.39, 0.29) is 18.4 Å². The van der Waals surface area contributed by atoms with Crippen molar-refractivity contribution >= 4 is 12.4 Å². The molecule has 0 saturated heterocycles. The number of halogens is 1. The van der Waals surface area contributed by atoms with Gasteiger partial charge in [0.2, 0.25) is 5.89 Å². The number of hydrogen-bond donors (Lipinski definition) is 1. The van der Waals surface area contributed by atoms with Crippen LogP contribution in [0.15, 0.2) is 29.0 Å². The first kappa shape index (κ1) is 15.6. The summed E-state index contributed by atoms with van der Waals surface area (Å²) < 4.78 is 5.25. The molecule has 0 aliphatic heterocycles. The number of nitrogens with one attached hydrogen (secondary N) is 1. The van der Waals surface area contributed by atoms with E-state index in [4.69, 9.17) is 4.52 Å². The Hall–Kier alpha value is -1.46. The Bertz CT molecular complexity index is 475. The van der Waals surface area contributed by atoms with E-state index < -0.39 is 0 Å². The Morgan fingerprint density at radius 1 is 1.42 bits per heavy atom. The molecule has 0 fully saturated rings. The molecule has 2 aromatic rings. The Kier molecular flexibility index (Phi) is 6.45. The number of rotatable bonds is 6. The van der Waals surface area contributed by atoms with Crippen LogP contribution >= 0.6 is 12.4 Å². The van der Waals surface area contributed by atoms with Gasteiger partial charge in [0.25, 0.3) is 0 Å². The smallest absolute Gasteiger partial charge is 0.243 e. The van der Waals surface area contributed by atoms with Gasteiger partial charge in [-0.25, -0.2) is 0 Å². The molecule has 0 aliphatic carbocycles. The van der Waals surface area contributed by atoms with Crippen molar-refractivity contribution in [3.05, 3.63) is 41.8 Å². The van der Waals surface area contributed by atoms with Crippen molar-refractivity contribution in [2.75, 3.05) is 6.54 Å². The van der Waals surface area contributed by atoms with Gasteiger partial charge in [-0.05, 0) is 31.5 Å². The molecule has 5 nitrogen and oxygen atoms in total. The molecule has 1 N–H and O–H groups in total. The van der Waals surface area contributed by atoms with Crippen molar-refractivity contribution in [3.8, 4) is 0 Å². The van der Waals surface area contributed by atoms with E-state index in [1.54, 1.807) is 6.20 Å². The minimum Gasteiger partial charge on any atom is -0.338 e. The highest BCUT2D eigenvalue weighted by molar-refractivity contribution is 5.85. The zero-order valence-corrected chi connectivity index (χ0v) is 12.0. The lowest BCUT2D eigenvalue weighted by atomic mass is 10.2. The second-order valence-electron chi connectivity index (χ2n) is 4.26. The lowest BCUT2D eigenvalue weighted by Gasteiger charge is -2.06. The second kappa shape index (κ2) is 7.86. The van der Waals surface area contributed by atoms with E-state index in [1.165, 1.54) is 0 Å². The molecule has 0 radical (unpaired) electrons. The van der Waals surface area contributed by atoms with Crippen LogP contribution in [-0.2, 0) is 6.42 Å². The molecule has 104 valence electrons. The normalized spacial score (nSPS) is 11.9. The van der Waals surface area contributed by atoms with Crippen molar-refractivity contribution < 1.29 is 4.52 Å². The SMILES string of the molecule is CCCNC(C)c1nc(Cc2cccnc2)no1.Cl. The number of pyridine rings is 1. The van der Waals surface area contributed by atoms with Crippen LogP contribution in [0.5, 0.6) is 0 Å². The highest BCUT2D eigenvalue weighted by Crippen LogP contribution is 2.11. The standard InChI is InChI=1S/C13H18N4O.ClH/c1-3-6-15-10(2)13-16-12(17-18-13)8-11-5-4-7-14-9-11;/h4-5,7,9-10,15H,3,6,8H2,1-2H3;1H. The highest BCUT2D eigenvalue weighted by Gasteiger charge is 2.13. The molecule has 1 atom stereocenters. The van der Waals surface area contributed by atoms with E-state index in [0.29, 0.717) is 18.1 Å². The minimum atomic E-state index is 0. The van der Waals surface area contributed by atoms with Gasteiger partial charge in [0, 0.05) is 18.8 Å². The Balaban J connectivity index is 0.00000180. The first-order chi connectivity index (χ1) is 8.79. The zero-order chi connectivity index (χ0) is 12.8. The zero-order valence-electron chi connectivity index (χ0n) is 11.2. The summed E-state index contributed by atoms with van der Waals surface area (Å²) in [4.78, 5) is 8.46. The fourth-order valence-electron chi connectivity index (χ4n) is 1.65. The third-order valence-corrected chi connectivity index (χ3v) is 2.64. The molecule has 19 heavy (non-hydrogen) atoms. The quantitative estimate of drug-likeness (QED) is 0.882. The highest BCUT2D eigenvalue weighted by atomic mass is 35.5. The molecule has 2 rings (SSSR count). The molecule has 0 aliphatic rings. The van der Waals surface area contributed by atoms with E-state index >= 15 is 0 Å². The molecule has 0 spiro atoms. The van der Waals surface area contributed by atoms with Crippen LogP contribution in [0, 0.1) is 0 Å². The number of aromatic nitrogens is 3. The van der Waals surface area contributed by atoms with Crippen LogP contribution in [-0.4, -0.2) is 21.7 Å². The van der Waals surface area contributed by atoms with Gasteiger partial charge in [0.1, 0.15) is 0 Å². The molecular weight excluding hydrogens is 264 g/mol. The molecule has 2 aromatic heterocycles. The van der Waals surface area contributed by atoms with Gasteiger partial charge in [0.05, 0.1) is 6.04 Å². The largest absolute Gasteiger partial charge is 0.338 e. The maximum atomic E-state index is 5.25. The molecule has 6 heteroatoms. The van der Waals surface area contributed by atoms with Crippen LogP contribution in [0.1, 0.15) is 43.6 Å². The summed E-state index contributed by atoms with van der Waals surface area (Å²) in [5, 5.41) is 7.30. The average molecular weight is 283 g/mol. The van der Waals surface area contributed by atoms with Gasteiger partial charge < -0.3 is 9.84 Å². The number of nitrogens with zero attached hydrogens (tertiary/aromatic N) is 3. The fourth-order valence-corrected chi connectivity index (χ4v) is 1.65. The molecule has 0 saturated carbocycles. The lowest BCUT2D eigenvalue weighted by Crippen LogP contribution is -2.19. The molecule has 0 amide bonds. The predicted molar refractivity (Wildman–Crippen MR) is 75.3 cm³/mol. The van der Waals surface area contributed by atoms with E-state index in [0.717, 1.165) is 18.5 Å². The first-order valence-corrected chi connectivity index (χ1v) is 6.24. The molecular formula is C13H19ClN4O. The van der Waals surface area contributed by atoms with E-state index in [2.05, 4.69) is 27.4 Å². The van der Waals surface area contributed by atoms with Gasteiger partial charge in [-0.1, -0.05) is 18.1 Å². The third kappa shape index (κ3) is 4.61. The maximum absolute atomic E-state index is 5.25. The molecule has 0 aromatic carbocycles. The van der Waals surface area contributed by atoms with Crippen molar-refractivity contribution in [3.63, 3.8) is 0 Å². The summed E-state index contributed by atoms with van der Waals surface area (Å²) in [6, 6.07) is 4.00. The van der Waals surface area contributed by atoms with Crippen LogP contribution in [0.25, 0.3) is 0 Å². The fraction of sp³-hybridized carbons (Fsp3) is 0.462. The van der Waals surface area contributed by atoms with Crippen LogP contribution in [0.2, 0.25) is 0 Å². The summed E-state index contributed by atoms with van der Waals surface area (Å²) in [5.41, 5.74) is 1.08. The summed E-state index contributed by atoms with van der Waals surface area (Å²) in [7, 11) is 0. The monoisotopic (exact) mass is 282 g/mol. The summed E-state index contributed by atoms with van der Waals surface area (Å²) >= 11 is 0. The van der Waals surface area contributed by atoms with Gasteiger partial charge in [-0.15, -0.1) is 12.4 Å². The number of hydrogen-bond acceptors (Lipinski definition) is 5. The van der Waals surface area contributed by atoms with E-state index in [1.807, 2.05) is 25.3 Å². The maximum Gasteiger partial charge on any atom is 0.243 e. The van der Waals surface area contributed by atoms with Crippen LogP contribution in [0.4, 0.5) is 0 Å². The van der Waals surface area contributed by atoms with Crippen molar-refractivity contribution in [2.24, 2.45) is 0 Å². The Labute approximate surface area is 119 Å². The predicted octanol–water partition coefficient (Wildman–Crippen LogP) is 2.54. The Morgan fingerprint density at radius 2 is 2.26 bits per heavy atom. The van der Waals surface area contributed by atoms with Gasteiger partial charge in [-0.3, -0.25) is 4.98 Å². The second-order valence-corrected chi connectivity index (χ2v) is 4.26. The third-order valence-electron chi connectivity index (χ3n) is 2.64. The average Bonchev–Trinajstić information content (AvgIpc) is 2.86. The van der Waals surface area contributed by atoms with Crippen LogP contribution in [0.3, 0.4) is 0 Å². The van der Waals surface area contributed by atoms with E-state index in [9.17, 15) is 0 Å². The molecule has 2 heterocycles. The van der Waals surface area contributed by atoms with Gasteiger partial charge in [-0.2, -0.15) is 4.98 Å². The molecule has 1 unspecified atom stereocenters. The summed E-state index contributed by atoms with van der Waals surface area (Å²) in [5.74, 6) is 1.34. The van der Waals surface area contributed by atoms with Crippen LogP contribution < -0.4 is 5.32 Å². The van der Waals surface area contributed by atoms with Gasteiger partial charge in [0.15, 0.2) is 5.82 Å². The molecule has 0 bridgehead atoms. The summed E-state index contributed by atoms with van der Waals surface area (Å²) in [6.07, 6.45) is 5.30. The van der Waals surface area contributed by atoms with Crippen molar-refractivity contribution in [2.45, 2.75) is 32.7 Å².